The first-order valence-corrected chi connectivity index (χ1v) is 21.0. The number of carbonyl (C=O) groups is 2. The molecule has 4 atom stereocenters. The molecular weight excluding hydrogens is 779 g/mol. The zero-order valence-electron chi connectivity index (χ0n) is 38.1. The third-order valence-corrected chi connectivity index (χ3v) is 12.5. The predicted molar refractivity (Wildman–Crippen MR) is 232 cm³/mol. The van der Waals surface area contributed by atoms with Gasteiger partial charge in [0.2, 0.25) is 0 Å². The second kappa shape index (κ2) is 24.7. The van der Waals surface area contributed by atoms with E-state index in [1.807, 2.05) is 76.5 Å². The lowest BCUT2D eigenvalue weighted by Gasteiger charge is -2.38. The van der Waals surface area contributed by atoms with Crippen molar-refractivity contribution in [2.45, 2.75) is 116 Å². The molecule has 0 radical (unpaired) electrons. The summed E-state index contributed by atoms with van der Waals surface area (Å²) >= 11 is 0. The molecule has 0 bridgehead atoms. The van der Waals surface area contributed by atoms with E-state index >= 15 is 0 Å². The van der Waals surface area contributed by atoms with Crippen LogP contribution in [0.5, 0.6) is 0 Å². The summed E-state index contributed by atoms with van der Waals surface area (Å²) in [6.45, 7) is 20.6. The van der Waals surface area contributed by atoms with Gasteiger partial charge >= 0.3 is 31.6 Å². The lowest BCUT2D eigenvalue weighted by molar-refractivity contribution is -0.193. The molecule has 3 heterocycles. The number of likely N-dealkylation sites (tertiary alicyclic amines) is 2. The molecule has 5 rings (SSSR count). The minimum Gasteiger partial charge on any atom is -0.445 e. The van der Waals surface area contributed by atoms with E-state index in [2.05, 4.69) is 86.1 Å². The van der Waals surface area contributed by atoms with Gasteiger partial charge in [-0.2, -0.15) is 19.2 Å². The van der Waals surface area contributed by atoms with Crippen molar-refractivity contribution in [2.24, 2.45) is 10.8 Å². The standard InChI is InChI=1S/C25H41BN2O4.C19H28N2O2.2CO2/c1-20-25(19-27(6)7,14-11-16-26-31-23(2,3)24(4,5)32-26)15-17-28(20)22(29)30-18-21-12-9-8-10-13-21;1-5-11-19(15-20(3)4)12-13-21(16(19)2)18(22)23-14-17-9-7-6-8-10-17;2*2-1-3/h8-10,12-13,20H,11,14-19H2,1-7H3;5-10,16H,1,11-15H2,2-4H3;;/t20-,25-;16-,19-;;/m11../s1. The fourth-order valence-corrected chi connectivity index (χ4v) is 8.68. The van der Waals surface area contributed by atoms with Crippen molar-refractivity contribution in [2.75, 3.05) is 54.4 Å². The number of benzene rings is 2. The lowest BCUT2D eigenvalue weighted by atomic mass is 9.72. The highest BCUT2D eigenvalue weighted by atomic mass is 16.7. The quantitative estimate of drug-likeness (QED) is 0.140. The van der Waals surface area contributed by atoms with Crippen LogP contribution in [-0.4, -0.2) is 129 Å². The molecule has 3 aliphatic rings. The Labute approximate surface area is 364 Å². The predicted octanol–water partition coefficient (Wildman–Crippen LogP) is 7.21. The minimum atomic E-state index is -0.293. The Morgan fingerprint density at radius 3 is 1.51 bits per heavy atom. The van der Waals surface area contributed by atoms with E-state index in [1.165, 1.54) is 0 Å². The summed E-state index contributed by atoms with van der Waals surface area (Å²) in [6, 6.07) is 19.9. The van der Waals surface area contributed by atoms with Gasteiger partial charge in [-0.15, -0.1) is 6.58 Å². The Hall–Kier alpha value is -4.62. The number of carbonyl (C=O) groups excluding carboxylic acids is 6. The highest BCUT2D eigenvalue weighted by Crippen LogP contribution is 2.44. The highest BCUT2D eigenvalue weighted by Gasteiger charge is 2.52. The fourth-order valence-electron chi connectivity index (χ4n) is 8.68. The van der Waals surface area contributed by atoms with E-state index in [0.717, 1.165) is 75.7 Å². The molecule has 0 saturated carbocycles. The van der Waals surface area contributed by atoms with Crippen molar-refractivity contribution >= 4 is 31.6 Å². The van der Waals surface area contributed by atoms with Crippen LogP contribution in [0.1, 0.15) is 84.8 Å². The van der Waals surface area contributed by atoms with Crippen LogP contribution in [0.4, 0.5) is 9.59 Å². The van der Waals surface area contributed by atoms with Gasteiger partial charge in [-0.05, 0) is 113 Å². The Bertz CT molecular complexity index is 1690. The molecule has 3 aliphatic heterocycles. The van der Waals surface area contributed by atoms with Gasteiger partial charge in [-0.3, -0.25) is 0 Å². The average Bonchev–Trinajstić information content (AvgIpc) is 3.76. The number of hydrogen-bond acceptors (Lipinski definition) is 12. The second-order valence-corrected chi connectivity index (χ2v) is 17.8. The number of nitrogens with zero attached hydrogens (tertiary/aromatic N) is 4. The first kappa shape index (κ1) is 52.5. The molecule has 3 fully saturated rings. The van der Waals surface area contributed by atoms with Gasteiger partial charge in [0.1, 0.15) is 13.2 Å². The van der Waals surface area contributed by atoms with Crippen molar-refractivity contribution in [1.82, 2.24) is 19.6 Å². The maximum atomic E-state index is 12.9. The molecular formula is C46H69BN4O10. The molecule has 2 aromatic rings. The summed E-state index contributed by atoms with van der Waals surface area (Å²) in [7, 11) is 8.21. The summed E-state index contributed by atoms with van der Waals surface area (Å²) in [5, 5.41) is 0. The summed E-state index contributed by atoms with van der Waals surface area (Å²) in [5.74, 6) is 0. The van der Waals surface area contributed by atoms with Crippen molar-refractivity contribution < 1.29 is 47.5 Å². The van der Waals surface area contributed by atoms with Crippen molar-refractivity contribution in [3.05, 3.63) is 84.4 Å². The topological polar surface area (TPSA) is 152 Å². The molecule has 0 aliphatic carbocycles. The van der Waals surface area contributed by atoms with Gasteiger partial charge in [0.25, 0.3) is 0 Å². The Morgan fingerprint density at radius 1 is 0.738 bits per heavy atom. The van der Waals surface area contributed by atoms with Crippen LogP contribution < -0.4 is 0 Å². The summed E-state index contributed by atoms with van der Waals surface area (Å²) in [4.78, 5) is 66.1. The molecule has 0 N–H and O–H groups in total. The zero-order valence-corrected chi connectivity index (χ0v) is 38.1. The maximum Gasteiger partial charge on any atom is 0.457 e. The number of ether oxygens (including phenoxy) is 2. The number of rotatable bonds is 14. The van der Waals surface area contributed by atoms with Crippen LogP contribution in [0.2, 0.25) is 6.32 Å². The molecule has 61 heavy (non-hydrogen) atoms. The molecule has 2 amide bonds. The van der Waals surface area contributed by atoms with Crippen molar-refractivity contribution in [3.8, 4) is 0 Å². The highest BCUT2D eigenvalue weighted by molar-refractivity contribution is 6.45. The summed E-state index contributed by atoms with van der Waals surface area (Å²) < 4.78 is 23.5. The molecule has 0 unspecified atom stereocenters. The van der Waals surface area contributed by atoms with Gasteiger partial charge in [-0.25, -0.2) is 9.59 Å². The molecule has 15 heteroatoms. The van der Waals surface area contributed by atoms with Crippen LogP contribution in [0.3, 0.4) is 0 Å². The SMILES string of the molecule is C=CC[C@]1(CN(C)C)CCN(C(=O)OCc2ccccc2)[C@@H]1C.C[C@H]1N(C(=O)OCc2ccccc2)CC[C@]1(CCCB1OC(C)(C)C(C)(C)O1)CN(C)C.O=C=O.O=C=O. The molecule has 0 spiro atoms. The smallest absolute Gasteiger partial charge is 0.445 e. The summed E-state index contributed by atoms with van der Waals surface area (Å²) in [5.41, 5.74) is 1.54. The van der Waals surface area contributed by atoms with Crippen LogP contribution in [0, 0.1) is 10.8 Å². The molecule has 2 aromatic carbocycles. The van der Waals surface area contributed by atoms with E-state index in [1.54, 1.807) is 0 Å². The minimum absolute atomic E-state index is 0.0406. The van der Waals surface area contributed by atoms with Crippen LogP contribution in [0.15, 0.2) is 73.3 Å². The Balaban J connectivity index is 0.000000387. The zero-order chi connectivity index (χ0) is 45.9. The van der Waals surface area contributed by atoms with Crippen LogP contribution in [-0.2, 0) is 51.2 Å². The van der Waals surface area contributed by atoms with Crippen molar-refractivity contribution in [1.29, 1.82) is 0 Å². The van der Waals surface area contributed by atoms with Crippen LogP contribution in [0.25, 0.3) is 0 Å². The Kier molecular flexibility index (Phi) is 21.3. The third-order valence-electron chi connectivity index (χ3n) is 12.5. The van der Waals surface area contributed by atoms with Gasteiger partial charge in [-0.1, -0.05) is 73.2 Å². The van der Waals surface area contributed by atoms with E-state index in [-0.39, 0.29) is 65.7 Å². The molecule has 3 saturated heterocycles. The number of hydrogen-bond donors (Lipinski definition) is 0. The van der Waals surface area contributed by atoms with Crippen molar-refractivity contribution in [3.63, 3.8) is 0 Å². The third kappa shape index (κ3) is 15.4. The number of allylic oxidation sites excluding steroid dienone is 1. The van der Waals surface area contributed by atoms with Gasteiger partial charge in [0.15, 0.2) is 0 Å². The van der Waals surface area contributed by atoms with E-state index < -0.39 is 0 Å². The number of amides is 2. The largest absolute Gasteiger partial charge is 0.457 e. The lowest BCUT2D eigenvalue weighted by Crippen LogP contribution is -2.45. The van der Waals surface area contributed by atoms with E-state index in [0.29, 0.717) is 13.2 Å². The molecule has 14 nitrogen and oxygen atoms in total. The normalized spacial score (nSPS) is 23.3. The van der Waals surface area contributed by atoms with Gasteiger partial charge in [0.05, 0.1) is 11.2 Å². The fraction of sp³-hybridized carbons (Fsp3) is 0.609. The maximum absolute atomic E-state index is 12.9. The average molecular weight is 849 g/mol. The molecule has 0 aromatic heterocycles. The van der Waals surface area contributed by atoms with E-state index in [9.17, 15) is 9.59 Å². The Morgan fingerprint density at radius 2 is 1.11 bits per heavy atom. The summed E-state index contributed by atoms with van der Waals surface area (Å²) in [6.07, 6.45) is 7.82. The van der Waals surface area contributed by atoms with Gasteiger partial charge < -0.3 is 38.4 Å². The first-order chi connectivity index (χ1) is 28.8. The second-order valence-electron chi connectivity index (χ2n) is 17.8. The van der Waals surface area contributed by atoms with Crippen LogP contribution >= 0.6 is 0 Å². The van der Waals surface area contributed by atoms with Gasteiger partial charge in [0, 0.05) is 49.1 Å². The van der Waals surface area contributed by atoms with E-state index in [4.69, 9.17) is 38.0 Å². The molecule has 336 valence electrons. The first-order valence-electron chi connectivity index (χ1n) is 21.0. The monoisotopic (exact) mass is 849 g/mol.